The van der Waals surface area contributed by atoms with Crippen molar-refractivity contribution in [3.63, 3.8) is 0 Å². The van der Waals surface area contributed by atoms with Gasteiger partial charge in [-0.05, 0) is 24.6 Å². The predicted molar refractivity (Wildman–Crippen MR) is 115 cm³/mol. The Hall–Kier alpha value is -1.12. The van der Waals surface area contributed by atoms with Crippen LogP contribution in [0.2, 0.25) is 5.02 Å². The molecule has 1 amide bonds. The van der Waals surface area contributed by atoms with Gasteiger partial charge in [0.2, 0.25) is 15.9 Å². The summed E-state index contributed by atoms with van der Waals surface area (Å²) in [6.45, 7) is 8.53. The van der Waals surface area contributed by atoms with Crippen LogP contribution in [0.15, 0.2) is 18.2 Å². The van der Waals surface area contributed by atoms with Crippen molar-refractivity contribution in [1.82, 2.24) is 5.32 Å². The van der Waals surface area contributed by atoms with E-state index in [1.807, 2.05) is 0 Å². The van der Waals surface area contributed by atoms with Crippen molar-refractivity contribution >= 4 is 45.0 Å². The summed E-state index contributed by atoms with van der Waals surface area (Å²) in [5.74, 6) is 0.726. The van der Waals surface area contributed by atoms with Crippen molar-refractivity contribution in [2.75, 3.05) is 30.0 Å². The molecule has 0 radical (unpaired) electrons. The summed E-state index contributed by atoms with van der Waals surface area (Å²) < 4.78 is 31.5. The first-order chi connectivity index (χ1) is 12.4. The van der Waals surface area contributed by atoms with Gasteiger partial charge in [0.15, 0.2) is 0 Å². The van der Waals surface area contributed by atoms with Gasteiger partial charge in [-0.1, -0.05) is 39.3 Å². The van der Waals surface area contributed by atoms with Crippen LogP contribution in [-0.2, 0) is 14.8 Å². The lowest BCUT2D eigenvalue weighted by Gasteiger charge is -2.31. The fourth-order valence-corrected chi connectivity index (χ4v) is 4.71. The number of thioether (sulfide) groups is 1. The van der Waals surface area contributed by atoms with Crippen LogP contribution in [0, 0.1) is 0 Å². The maximum Gasteiger partial charge on any atom is 0.243 e. The minimum Gasteiger partial charge on any atom is -0.495 e. The zero-order chi connectivity index (χ0) is 20.8. The van der Waals surface area contributed by atoms with E-state index in [1.165, 1.54) is 13.2 Å². The summed E-state index contributed by atoms with van der Waals surface area (Å²) in [5, 5.41) is 3.20. The van der Waals surface area contributed by atoms with E-state index in [0.717, 1.165) is 16.3 Å². The molecule has 1 atom stereocenters. The number of ether oxygens (including phenoxy) is 1. The highest BCUT2D eigenvalue weighted by Gasteiger charge is 2.33. The number of halogens is 1. The second kappa shape index (κ2) is 9.89. The summed E-state index contributed by atoms with van der Waals surface area (Å²) in [4.78, 5) is 12.7. The van der Waals surface area contributed by atoms with E-state index in [0.29, 0.717) is 23.7 Å². The Labute approximate surface area is 172 Å². The van der Waals surface area contributed by atoms with Gasteiger partial charge in [-0.15, -0.1) is 0 Å². The molecule has 1 aromatic rings. The van der Waals surface area contributed by atoms with Crippen LogP contribution in [0.5, 0.6) is 5.75 Å². The first kappa shape index (κ1) is 23.9. The Bertz CT molecular complexity index is 748. The standard InChI is InChI=1S/C18H29ClN2O4S2/c1-7-14(17(22)20-10-11-26-18(2,3)4)21(27(6,23)24)15-12-13(19)8-9-16(15)25-5/h8-9,12,14H,7,10-11H2,1-6H3,(H,20,22)/t14-/m0/s1. The smallest absolute Gasteiger partial charge is 0.243 e. The number of carbonyl (C=O) groups excluding carboxylic acids is 1. The molecule has 1 aromatic carbocycles. The van der Waals surface area contributed by atoms with Crippen LogP contribution in [-0.4, -0.2) is 50.8 Å². The molecular formula is C18H29ClN2O4S2. The number of amides is 1. The number of carbonyl (C=O) groups is 1. The van der Waals surface area contributed by atoms with E-state index in [9.17, 15) is 13.2 Å². The van der Waals surface area contributed by atoms with Crippen LogP contribution in [0.4, 0.5) is 5.69 Å². The molecular weight excluding hydrogens is 408 g/mol. The molecule has 0 aliphatic heterocycles. The second-order valence-corrected chi connectivity index (χ2v) is 11.3. The van der Waals surface area contributed by atoms with Gasteiger partial charge in [-0.3, -0.25) is 9.10 Å². The van der Waals surface area contributed by atoms with Crippen molar-refractivity contribution < 1.29 is 17.9 Å². The molecule has 154 valence electrons. The monoisotopic (exact) mass is 436 g/mol. The van der Waals surface area contributed by atoms with Crippen LogP contribution >= 0.6 is 23.4 Å². The van der Waals surface area contributed by atoms with E-state index in [-0.39, 0.29) is 16.3 Å². The maximum absolute atomic E-state index is 12.7. The molecule has 1 rings (SSSR count). The summed E-state index contributed by atoms with van der Waals surface area (Å²) in [5.41, 5.74) is 0.249. The maximum atomic E-state index is 12.7. The lowest BCUT2D eigenvalue weighted by atomic mass is 10.2. The Balaban J connectivity index is 3.11. The van der Waals surface area contributed by atoms with E-state index in [4.69, 9.17) is 16.3 Å². The number of hydrogen-bond donors (Lipinski definition) is 1. The van der Waals surface area contributed by atoms with Gasteiger partial charge in [-0.2, -0.15) is 11.8 Å². The topological polar surface area (TPSA) is 75.7 Å². The summed E-state index contributed by atoms with van der Waals surface area (Å²) in [7, 11) is -2.31. The quantitative estimate of drug-likeness (QED) is 0.599. The SMILES string of the molecule is CC[C@@H](C(=O)NCCSC(C)(C)C)N(c1cc(Cl)ccc1OC)S(C)(=O)=O. The van der Waals surface area contributed by atoms with Crippen molar-refractivity contribution in [3.05, 3.63) is 23.2 Å². The fourth-order valence-electron chi connectivity index (χ4n) is 2.52. The van der Waals surface area contributed by atoms with Gasteiger partial charge in [0, 0.05) is 22.1 Å². The number of sulfonamides is 1. The van der Waals surface area contributed by atoms with E-state index in [2.05, 4.69) is 26.1 Å². The summed E-state index contributed by atoms with van der Waals surface area (Å²) in [6, 6.07) is 3.79. The minimum absolute atomic E-state index is 0.0990. The van der Waals surface area contributed by atoms with Crippen molar-refractivity contribution in [1.29, 1.82) is 0 Å². The van der Waals surface area contributed by atoms with Crippen LogP contribution in [0.1, 0.15) is 34.1 Å². The van der Waals surface area contributed by atoms with Gasteiger partial charge in [-0.25, -0.2) is 8.42 Å². The Morgan fingerprint density at radius 1 is 1.37 bits per heavy atom. The lowest BCUT2D eigenvalue weighted by Crippen LogP contribution is -2.49. The van der Waals surface area contributed by atoms with Gasteiger partial charge in [0.05, 0.1) is 19.1 Å². The van der Waals surface area contributed by atoms with E-state index >= 15 is 0 Å². The van der Waals surface area contributed by atoms with Crippen LogP contribution in [0.3, 0.4) is 0 Å². The first-order valence-electron chi connectivity index (χ1n) is 8.65. The zero-order valence-electron chi connectivity index (χ0n) is 16.7. The molecule has 27 heavy (non-hydrogen) atoms. The van der Waals surface area contributed by atoms with Crippen LogP contribution in [0.25, 0.3) is 0 Å². The molecule has 6 nitrogen and oxygen atoms in total. The Kier molecular flexibility index (Phi) is 8.76. The predicted octanol–water partition coefficient (Wildman–Crippen LogP) is 3.54. The third kappa shape index (κ3) is 7.43. The number of nitrogens with one attached hydrogen (secondary N) is 1. The molecule has 0 unspecified atom stereocenters. The van der Waals surface area contributed by atoms with Gasteiger partial charge >= 0.3 is 0 Å². The molecule has 0 saturated heterocycles. The molecule has 0 saturated carbocycles. The first-order valence-corrected chi connectivity index (χ1v) is 11.9. The molecule has 0 aliphatic carbocycles. The second-order valence-electron chi connectivity index (χ2n) is 7.05. The number of methoxy groups -OCH3 is 1. The van der Waals surface area contributed by atoms with E-state index < -0.39 is 16.1 Å². The Morgan fingerprint density at radius 3 is 2.48 bits per heavy atom. The van der Waals surface area contributed by atoms with Crippen molar-refractivity contribution in [2.24, 2.45) is 0 Å². The van der Waals surface area contributed by atoms with Gasteiger partial charge in [0.25, 0.3) is 0 Å². The van der Waals surface area contributed by atoms with Crippen LogP contribution < -0.4 is 14.4 Å². The fraction of sp³-hybridized carbons (Fsp3) is 0.611. The zero-order valence-corrected chi connectivity index (χ0v) is 19.1. The van der Waals surface area contributed by atoms with Gasteiger partial charge < -0.3 is 10.1 Å². The third-order valence-electron chi connectivity index (χ3n) is 3.64. The molecule has 0 aliphatic rings. The van der Waals surface area contributed by atoms with Crippen molar-refractivity contribution in [2.45, 2.75) is 44.9 Å². The molecule has 0 fully saturated rings. The highest BCUT2D eigenvalue weighted by atomic mass is 35.5. The molecule has 0 aromatic heterocycles. The average Bonchev–Trinajstić information content (AvgIpc) is 2.54. The number of nitrogens with zero attached hydrogens (tertiary/aromatic N) is 1. The number of benzene rings is 1. The number of anilines is 1. The Morgan fingerprint density at radius 2 is 2.00 bits per heavy atom. The highest BCUT2D eigenvalue weighted by Crippen LogP contribution is 2.34. The summed E-state index contributed by atoms with van der Waals surface area (Å²) in [6.07, 6.45) is 1.37. The molecule has 1 N–H and O–H groups in total. The number of rotatable bonds is 9. The third-order valence-corrected chi connectivity index (χ3v) is 6.32. The normalized spacial score (nSPS) is 13.1. The largest absolute Gasteiger partial charge is 0.495 e. The lowest BCUT2D eigenvalue weighted by molar-refractivity contribution is -0.122. The highest BCUT2D eigenvalue weighted by molar-refractivity contribution is 8.00. The molecule has 0 spiro atoms. The molecule has 0 bridgehead atoms. The minimum atomic E-state index is -3.75. The summed E-state index contributed by atoms with van der Waals surface area (Å²) >= 11 is 7.79. The number of hydrogen-bond acceptors (Lipinski definition) is 5. The molecule has 0 heterocycles. The average molecular weight is 437 g/mol. The van der Waals surface area contributed by atoms with E-state index in [1.54, 1.807) is 30.8 Å². The van der Waals surface area contributed by atoms with Gasteiger partial charge in [0.1, 0.15) is 11.8 Å². The molecule has 9 heteroatoms. The van der Waals surface area contributed by atoms with Crippen molar-refractivity contribution in [3.8, 4) is 5.75 Å².